The monoisotopic (exact) mass is 447 g/mol. The van der Waals surface area contributed by atoms with Gasteiger partial charge in [-0.2, -0.15) is 0 Å². The molecule has 0 bridgehead atoms. The molecular formula is C18H11Br2NOS. The van der Waals surface area contributed by atoms with Gasteiger partial charge >= 0.3 is 0 Å². The van der Waals surface area contributed by atoms with Crippen LogP contribution in [-0.2, 0) is 5.75 Å². The molecule has 0 aliphatic heterocycles. The summed E-state index contributed by atoms with van der Waals surface area (Å²) in [7, 11) is 0. The third kappa shape index (κ3) is 2.93. The van der Waals surface area contributed by atoms with Gasteiger partial charge in [-0.15, -0.1) is 0 Å². The maximum Gasteiger partial charge on any atom is 0.257 e. The van der Waals surface area contributed by atoms with Crippen molar-refractivity contribution in [3.63, 3.8) is 0 Å². The summed E-state index contributed by atoms with van der Waals surface area (Å²) in [5.41, 5.74) is 2.94. The van der Waals surface area contributed by atoms with Gasteiger partial charge in [-0.25, -0.2) is 4.98 Å². The normalized spacial score (nSPS) is 11.4. The van der Waals surface area contributed by atoms with E-state index in [9.17, 15) is 0 Å². The van der Waals surface area contributed by atoms with Gasteiger partial charge in [-0.05, 0) is 39.0 Å². The molecule has 0 aliphatic carbocycles. The van der Waals surface area contributed by atoms with Crippen LogP contribution in [0.4, 0.5) is 0 Å². The molecule has 0 saturated heterocycles. The molecule has 4 aromatic rings. The Balaban J connectivity index is 1.73. The summed E-state index contributed by atoms with van der Waals surface area (Å²) in [6.45, 7) is 0. The van der Waals surface area contributed by atoms with Crippen LogP contribution < -0.4 is 0 Å². The van der Waals surface area contributed by atoms with Crippen molar-refractivity contribution in [3.8, 4) is 0 Å². The molecule has 0 fully saturated rings. The Morgan fingerprint density at radius 3 is 2.61 bits per heavy atom. The molecule has 5 heteroatoms. The van der Waals surface area contributed by atoms with Crippen LogP contribution in [0.15, 0.2) is 73.2 Å². The predicted molar refractivity (Wildman–Crippen MR) is 103 cm³/mol. The highest BCUT2D eigenvalue weighted by Crippen LogP contribution is 2.35. The second kappa shape index (κ2) is 6.30. The molecule has 0 spiro atoms. The first-order valence-electron chi connectivity index (χ1n) is 7.06. The number of hydrogen-bond donors (Lipinski definition) is 0. The molecule has 0 unspecified atom stereocenters. The summed E-state index contributed by atoms with van der Waals surface area (Å²) in [6.07, 6.45) is 0. The average molecular weight is 449 g/mol. The second-order valence-corrected chi connectivity index (χ2v) is 7.75. The first kappa shape index (κ1) is 15.2. The van der Waals surface area contributed by atoms with Crippen molar-refractivity contribution in [1.29, 1.82) is 0 Å². The van der Waals surface area contributed by atoms with Crippen molar-refractivity contribution in [2.75, 3.05) is 0 Å². The third-order valence-corrected chi connectivity index (χ3v) is 5.87. The molecule has 114 valence electrons. The van der Waals surface area contributed by atoms with Gasteiger partial charge in [0.2, 0.25) is 0 Å². The number of benzene rings is 3. The van der Waals surface area contributed by atoms with Crippen LogP contribution in [0, 0.1) is 0 Å². The summed E-state index contributed by atoms with van der Waals surface area (Å²) >= 11 is 8.77. The van der Waals surface area contributed by atoms with Gasteiger partial charge < -0.3 is 4.42 Å². The van der Waals surface area contributed by atoms with Crippen molar-refractivity contribution in [3.05, 3.63) is 69.1 Å². The molecule has 2 nitrogen and oxygen atoms in total. The first-order chi connectivity index (χ1) is 11.2. The van der Waals surface area contributed by atoms with Crippen molar-refractivity contribution < 1.29 is 4.42 Å². The molecule has 0 aliphatic rings. The van der Waals surface area contributed by atoms with Gasteiger partial charge in [0.05, 0.1) is 4.47 Å². The summed E-state index contributed by atoms with van der Waals surface area (Å²) < 4.78 is 8.00. The largest absolute Gasteiger partial charge is 0.430 e. The zero-order chi connectivity index (χ0) is 15.8. The Morgan fingerprint density at radius 2 is 1.74 bits per heavy atom. The highest BCUT2D eigenvalue weighted by molar-refractivity contribution is 9.11. The number of thioether (sulfide) groups is 1. The van der Waals surface area contributed by atoms with E-state index in [1.807, 2.05) is 30.3 Å². The summed E-state index contributed by atoms with van der Waals surface area (Å²) in [5.74, 6) is 0.809. The molecule has 0 saturated carbocycles. The van der Waals surface area contributed by atoms with Crippen LogP contribution in [0.5, 0.6) is 0 Å². The SMILES string of the molecule is Brc1ccccc1CSc1nc2c(o1)c(Br)cc1ccccc12. The van der Waals surface area contributed by atoms with E-state index in [0.717, 1.165) is 36.6 Å². The number of nitrogens with zero attached hydrogens (tertiary/aromatic N) is 1. The van der Waals surface area contributed by atoms with Crippen LogP contribution in [-0.4, -0.2) is 4.98 Å². The van der Waals surface area contributed by atoms with Gasteiger partial charge in [0.15, 0.2) is 5.58 Å². The minimum absolute atomic E-state index is 0.688. The van der Waals surface area contributed by atoms with Crippen LogP contribution in [0.25, 0.3) is 21.9 Å². The molecule has 23 heavy (non-hydrogen) atoms. The topological polar surface area (TPSA) is 26.0 Å². The van der Waals surface area contributed by atoms with Crippen molar-refractivity contribution in [2.45, 2.75) is 11.0 Å². The molecule has 4 rings (SSSR count). The average Bonchev–Trinajstić information content (AvgIpc) is 2.99. The number of aromatic nitrogens is 1. The number of halogens is 2. The lowest BCUT2D eigenvalue weighted by atomic mass is 10.1. The Morgan fingerprint density at radius 1 is 0.957 bits per heavy atom. The smallest absolute Gasteiger partial charge is 0.257 e. The Bertz CT molecular complexity index is 1010. The van der Waals surface area contributed by atoms with Gasteiger partial charge in [-0.3, -0.25) is 0 Å². The lowest BCUT2D eigenvalue weighted by molar-refractivity contribution is 0.488. The fourth-order valence-corrected chi connectivity index (χ4v) is 4.46. The standard InChI is InChI=1S/C18H11Br2NOS/c19-14-8-4-2-6-12(14)10-23-18-21-16-13-7-3-1-5-11(13)9-15(20)17(16)22-18/h1-9H,10H2. The van der Waals surface area contributed by atoms with E-state index in [0.29, 0.717) is 5.22 Å². The van der Waals surface area contributed by atoms with Crippen LogP contribution in [0.2, 0.25) is 0 Å². The minimum atomic E-state index is 0.688. The van der Waals surface area contributed by atoms with Crippen molar-refractivity contribution in [2.24, 2.45) is 0 Å². The van der Waals surface area contributed by atoms with Crippen LogP contribution in [0.1, 0.15) is 5.56 Å². The fraction of sp³-hybridized carbons (Fsp3) is 0.0556. The maximum atomic E-state index is 5.96. The lowest BCUT2D eigenvalue weighted by Gasteiger charge is -2.00. The molecule has 3 aromatic carbocycles. The highest BCUT2D eigenvalue weighted by atomic mass is 79.9. The Labute approximate surface area is 154 Å². The zero-order valence-corrected chi connectivity index (χ0v) is 15.9. The van der Waals surface area contributed by atoms with E-state index in [4.69, 9.17) is 9.40 Å². The predicted octanol–water partition coefficient (Wildman–Crippen LogP) is 6.80. The number of hydrogen-bond acceptors (Lipinski definition) is 3. The maximum absolute atomic E-state index is 5.96. The number of fused-ring (bicyclic) bond motifs is 3. The molecule has 0 amide bonds. The summed E-state index contributed by atoms with van der Waals surface area (Å²) in [5, 5.41) is 2.96. The Hall–Kier alpha value is -1.30. The minimum Gasteiger partial charge on any atom is -0.430 e. The zero-order valence-electron chi connectivity index (χ0n) is 11.9. The number of oxazole rings is 1. The number of rotatable bonds is 3. The molecular weight excluding hydrogens is 438 g/mol. The van der Waals surface area contributed by atoms with Gasteiger partial charge in [-0.1, -0.05) is 70.2 Å². The van der Waals surface area contributed by atoms with Gasteiger partial charge in [0.1, 0.15) is 5.52 Å². The molecule has 0 radical (unpaired) electrons. The molecule has 1 aromatic heterocycles. The fourth-order valence-electron chi connectivity index (χ4n) is 2.50. The van der Waals surface area contributed by atoms with Crippen LogP contribution in [0.3, 0.4) is 0 Å². The van der Waals surface area contributed by atoms with E-state index in [2.05, 4.69) is 56.1 Å². The third-order valence-electron chi connectivity index (χ3n) is 3.63. The highest BCUT2D eigenvalue weighted by Gasteiger charge is 2.13. The van der Waals surface area contributed by atoms with Crippen molar-refractivity contribution >= 4 is 65.5 Å². The summed E-state index contributed by atoms with van der Waals surface area (Å²) in [6, 6.07) is 18.5. The van der Waals surface area contributed by atoms with Gasteiger partial charge in [0, 0.05) is 15.6 Å². The summed E-state index contributed by atoms with van der Waals surface area (Å²) in [4.78, 5) is 4.70. The van der Waals surface area contributed by atoms with E-state index < -0.39 is 0 Å². The first-order valence-corrected chi connectivity index (χ1v) is 9.63. The lowest BCUT2D eigenvalue weighted by Crippen LogP contribution is -1.82. The van der Waals surface area contributed by atoms with E-state index >= 15 is 0 Å². The molecule has 0 N–H and O–H groups in total. The van der Waals surface area contributed by atoms with E-state index in [-0.39, 0.29) is 0 Å². The van der Waals surface area contributed by atoms with E-state index in [1.165, 1.54) is 5.56 Å². The Kier molecular flexibility index (Phi) is 4.18. The quantitative estimate of drug-likeness (QED) is 0.322. The second-order valence-electron chi connectivity index (χ2n) is 5.12. The molecule has 1 heterocycles. The van der Waals surface area contributed by atoms with Crippen LogP contribution >= 0.6 is 43.6 Å². The van der Waals surface area contributed by atoms with Gasteiger partial charge in [0.25, 0.3) is 5.22 Å². The van der Waals surface area contributed by atoms with Crippen molar-refractivity contribution in [1.82, 2.24) is 4.98 Å². The van der Waals surface area contributed by atoms with E-state index in [1.54, 1.807) is 11.8 Å². The molecule has 0 atom stereocenters.